The van der Waals surface area contributed by atoms with Gasteiger partial charge in [-0.3, -0.25) is 9.80 Å². The zero-order valence-corrected chi connectivity index (χ0v) is 14.7. The Hall–Kier alpha value is -1.55. The van der Waals surface area contributed by atoms with E-state index in [9.17, 15) is 9.90 Å². The molecule has 0 bridgehead atoms. The maximum Gasteiger partial charge on any atom is 0.408 e. The predicted molar refractivity (Wildman–Crippen MR) is 93.5 cm³/mol. The maximum absolute atomic E-state index is 11.4. The summed E-state index contributed by atoms with van der Waals surface area (Å²) in [6.07, 6.45) is 4.45. The molecule has 0 aromatic heterocycles. The van der Waals surface area contributed by atoms with Gasteiger partial charge in [0.15, 0.2) is 0 Å². The minimum absolute atomic E-state index is 0.392. The Morgan fingerprint density at radius 2 is 1.57 bits per heavy atom. The van der Waals surface area contributed by atoms with E-state index in [0.717, 1.165) is 12.1 Å². The fourth-order valence-corrected chi connectivity index (χ4v) is 3.08. The SMILES string of the molecule is CC(C)(C)N(Cc1ccc(CN2CCCCCC2)cc1)C(=O)O. The average molecular weight is 318 g/mol. The highest BCUT2D eigenvalue weighted by molar-refractivity contribution is 5.66. The van der Waals surface area contributed by atoms with E-state index >= 15 is 0 Å². The van der Waals surface area contributed by atoms with Gasteiger partial charge >= 0.3 is 6.09 Å². The molecule has 1 aliphatic rings. The van der Waals surface area contributed by atoms with Crippen molar-refractivity contribution in [2.45, 2.75) is 65.1 Å². The van der Waals surface area contributed by atoms with Gasteiger partial charge in [0.2, 0.25) is 0 Å². The number of benzene rings is 1. The third kappa shape index (κ3) is 5.54. The highest BCUT2D eigenvalue weighted by Crippen LogP contribution is 2.19. The number of nitrogens with zero attached hydrogens (tertiary/aromatic N) is 2. The van der Waals surface area contributed by atoms with E-state index < -0.39 is 11.6 Å². The molecule has 1 aromatic rings. The van der Waals surface area contributed by atoms with Gasteiger partial charge in [-0.1, -0.05) is 37.1 Å². The summed E-state index contributed by atoms with van der Waals surface area (Å²) in [6, 6.07) is 8.41. The Bertz CT molecular complexity index is 497. The Labute approximate surface area is 140 Å². The van der Waals surface area contributed by atoms with Crippen LogP contribution in [0.1, 0.15) is 57.6 Å². The summed E-state index contributed by atoms with van der Waals surface area (Å²) in [6.45, 7) is 9.60. The van der Waals surface area contributed by atoms with Crippen molar-refractivity contribution in [2.24, 2.45) is 0 Å². The van der Waals surface area contributed by atoms with Crippen LogP contribution >= 0.6 is 0 Å². The fourth-order valence-electron chi connectivity index (χ4n) is 3.08. The van der Waals surface area contributed by atoms with Crippen molar-refractivity contribution in [1.29, 1.82) is 0 Å². The first-order valence-electron chi connectivity index (χ1n) is 8.67. The summed E-state index contributed by atoms with van der Waals surface area (Å²) >= 11 is 0. The zero-order chi connectivity index (χ0) is 16.9. The molecule has 0 unspecified atom stereocenters. The topological polar surface area (TPSA) is 43.8 Å². The second-order valence-electron chi connectivity index (χ2n) is 7.55. The summed E-state index contributed by atoms with van der Waals surface area (Å²) in [4.78, 5) is 15.4. The largest absolute Gasteiger partial charge is 0.465 e. The number of carbonyl (C=O) groups is 1. The van der Waals surface area contributed by atoms with Crippen LogP contribution in [0.3, 0.4) is 0 Å². The van der Waals surface area contributed by atoms with Crippen LogP contribution in [0.2, 0.25) is 0 Å². The first-order chi connectivity index (χ1) is 10.9. The van der Waals surface area contributed by atoms with Gasteiger partial charge in [-0.25, -0.2) is 4.79 Å². The molecule has 4 heteroatoms. The third-order valence-electron chi connectivity index (χ3n) is 4.51. The molecule has 0 saturated carbocycles. The third-order valence-corrected chi connectivity index (χ3v) is 4.51. The summed E-state index contributed by atoms with van der Waals surface area (Å²) < 4.78 is 0. The molecular formula is C19H30N2O2. The van der Waals surface area contributed by atoms with Crippen molar-refractivity contribution >= 4 is 6.09 Å². The molecule has 1 aliphatic heterocycles. The second-order valence-corrected chi connectivity index (χ2v) is 7.55. The molecular weight excluding hydrogens is 288 g/mol. The predicted octanol–water partition coefficient (Wildman–Crippen LogP) is 4.34. The van der Waals surface area contributed by atoms with E-state index in [-0.39, 0.29) is 0 Å². The molecule has 0 spiro atoms. The Morgan fingerprint density at radius 1 is 1.04 bits per heavy atom. The fraction of sp³-hybridized carbons (Fsp3) is 0.632. The normalized spacial score (nSPS) is 16.8. The lowest BCUT2D eigenvalue weighted by atomic mass is 10.0. The van der Waals surface area contributed by atoms with Gasteiger partial charge in [-0.05, 0) is 57.8 Å². The molecule has 1 N–H and O–H groups in total. The van der Waals surface area contributed by atoms with Crippen molar-refractivity contribution in [3.8, 4) is 0 Å². The lowest BCUT2D eigenvalue weighted by molar-refractivity contribution is 0.0955. The average Bonchev–Trinajstić information content (AvgIpc) is 2.73. The standard InChI is InChI=1S/C19H30N2O2/c1-19(2,3)21(18(22)23)15-17-10-8-16(9-11-17)14-20-12-6-4-5-7-13-20/h8-11H,4-7,12-15H2,1-3H3,(H,22,23). The quantitative estimate of drug-likeness (QED) is 0.898. The molecule has 1 aromatic carbocycles. The minimum Gasteiger partial charge on any atom is -0.465 e. The van der Waals surface area contributed by atoms with Crippen LogP contribution in [-0.2, 0) is 13.1 Å². The Balaban J connectivity index is 1.97. The van der Waals surface area contributed by atoms with Crippen LogP contribution in [0.15, 0.2) is 24.3 Å². The molecule has 1 amide bonds. The van der Waals surface area contributed by atoms with Crippen LogP contribution in [0.5, 0.6) is 0 Å². The lowest BCUT2D eigenvalue weighted by Gasteiger charge is -2.33. The highest BCUT2D eigenvalue weighted by Gasteiger charge is 2.25. The maximum atomic E-state index is 11.4. The van der Waals surface area contributed by atoms with E-state index in [1.807, 2.05) is 20.8 Å². The van der Waals surface area contributed by atoms with Crippen molar-refractivity contribution < 1.29 is 9.90 Å². The first-order valence-corrected chi connectivity index (χ1v) is 8.67. The van der Waals surface area contributed by atoms with Gasteiger partial charge in [-0.2, -0.15) is 0 Å². The van der Waals surface area contributed by atoms with E-state index in [0.29, 0.717) is 6.54 Å². The van der Waals surface area contributed by atoms with Crippen LogP contribution < -0.4 is 0 Å². The van der Waals surface area contributed by atoms with Gasteiger partial charge in [0.25, 0.3) is 0 Å². The smallest absolute Gasteiger partial charge is 0.408 e. The number of carboxylic acid groups (broad SMARTS) is 1. The van der Waals surface area contributed by atoms with Crippen LogP contribution in [0.25, 0.3) is 0 Å². The summed E-state index contributed by atoms with van der Waals surface area (Å²) in [5.41, 5.74) is 1.96. The number of amides is 1. The number of rotatable bonds is 4. The Kier molecular flexibility index (Phi) is 6.05. The Morgan fingerprint density at radius 3 is 2.04 bits per heavy atom. The monoisotopic (exact) mass is 318 g/mol. The summed E-state index contributed by atoms with van der Waals surface area (Å²) in [7, 11) is 0. The number of likely N-dealkylation sites (tertiary alicyclic amines) is 1. The molecule has 1 heterocycles. The zero-order valence-electron chi connectivity index (χ0n) is 14.7. The van der Waals surface area contributed by atoms with Gasteiger partial charge in [0.05, 0.1) is 0 Å². The molecule has 4 nitrogen and oxygen atoms in total. The van der Waals surface area contributed by atoms with E-state index in [1.165, 1.54) is 49.2 Å². The minimum atomic E-state index is -0.869. The summed E-state index contributed by atoms with van der Waals surface area (Å²) in [5, 5.41) is 9.39. The molecule has 23 heavy (non-hydrogen) atoms. The van der Waals surface area contributed by atoms with Crippen molar-refractivity contribution in [3.63, 3.8) is 0 Å². The van der Waals surface area contributed by atoms with Crippen LogP contribution in [-0.4, -0.2) is 39.6 Å². The number of hydrogen-bond donors (Lipinski definition) is 1. The molecule has 0 atom stereocenters. The van der Waals surface area contributed by atoms with Gasteiger partial charge < -0.3 is 5.11 Å². The van der Waals surface area contributed by atoms with E-state index in [1.54, 1.807) is 0 Å². The van der Waals surface area contributed by atoms with Gasteiger partial charge in [0, 0.05) is 18.6 Å². The summed E-state index contributed by atoms with van der Waals surface area (Å²) in [5.74, 6) is 0. The lowest BCUT2D eigenvalue weighted by Crippen LogP contribution is -2.44. The van der Waals surface area contributed by atoms with E-state index in [4.69, 9.17) is 0 Å². The van der Waals surface area contributed by atoms with E-state index in [2.05, 4.69) is 29.2 Å². The molecule has 128 valence electrons. The second kappa shape index (κ2) is 7.82. The van der Waals surface area contributed by atoms with Crippen LogP contribution in [0, 0.1) is 0 Å². The van der Waals surface area contributed by atoms with Gasteiger partial charge in [0.1, 0.15) is 0 Å². The van der Waals surface area contributed by atoms with Crippen molar-refractivity contribution in [2.75, 3.05) is 13.1 Å². The molecule has 0 aliphatic carbocycles. The first kappa shape index (κ1) is 17.8. The van der Waals surface area contributed by atoms with Gasteiger partial charge in [-0.15, -0.1) is 0 Å². The van der Waals surface area contributed by atoms with Crippen LogP contribution in [0.4, 0.5) is 4.79 Å². The molecule has 2 rings (SSSR count). The highest BCUT2D eigenvalue weighted by atomic mass is 16.4. The molecule has 0 radical (unpaired) electrons. The number of hydrogen-bond acceptors (Lipinski definition) is 2. The van der Waals surface area contributed by atoms with Crippen molar-refractivity contribution in [3.05, 3.63) is 35.4 Å². The molecule has 1 fully saturated rings. The molecule has 1 saturated heterocycles. The van der Waals surface area contributed by atoms with Crippen molar-refractivity contribution in [1.82, 2.24) is 9.80 Å².